The number of fused-ring (bicyclic) bond motifs is 1. The maximum atomic E-state index is 11.8. The zero-order valence-corrected chi connectivity index (χ0v) is 10.8. The van der Waals surface area contributed by atoms with Crippen molar-refractivity contribution < 1.29 is 9.53 Å². The van der Waals surface area contributed by atoms with E-state index in [9.17, 15) is 4.79 Å². The van der Waals surface area contributed by atoms with Crippen LogP contribution >= 0.6 is 0 Å². The smallest absolute Gasteiger partial charge is 0.320 e. The molecule has 2 spiro atoms. The van der Waals surface area contributed by atoms with E-state index in [1.807, 2.05) is 7.05 Å². The number of rotatable bonds is 2. The topological polar surface area (TPSA) is 48.1 Å². The highest BCUT2D eigenvalue weighted by molar-refractivity contribution is 5.80. The summed E-state index contributed by atoms with van der Waals surface area (Å²) in [4.78, 5) is 16.0. The lowest BCUT2D eigenvalue weighted by Crippen LogP contribution is -2.54. The fourth-order valence-corrected chi connectivity index (χ4v) is 3.39. The summed E-state index contributed by atoms with van der Waals surface area (Å²) >= 11 is 0. The van der Waals surface area contributed by atoms with Crippen LogP contribution < -0.4 is 5.32 Å². The second kappa shape index (κ2) is 3.36. The first-order chi connectivity index (χ1) is 7.99. The summed E-state index contributed by atoms with van der Waals surface area (Å²) in [5, 5.41) is 3.16. The van der Waals surface area contributed by atoms with E-state index < -0.39 is 0 Å². The maximum Gasteiger partial charge on any atom is 0.320 e. The van der Waals surface area contributed by atoms with E-state index in [1.165, 1.54) is 0 Å². The summed E-state index contributed by atoms with van der Waals surface area (Å²) in [6, 6.07) is 0.00824. The molecule has 0 aromatic carbocycles. The normalized spacial score (nSPS) is 40.9. The van der Waals surface area contributed by atoms with Gasteiger partial charge in [0.05, 0.1) is 0 Å². The molecule has 2 amide bonds. The van der Waals surface area contributed by atoms with E-state index in [0.29, 0.717) is 12.5 Å². The Hall–Kier alpha value is -0.810. The van der Waals surface area contributed by atoms with Gasteiger partial charge in [-0.05, 0) is 12.3 Å². The average Bonchev–Trinajstić information content (AvgIpc) is 2.93. The Labute approximate surface area is 102 Å². The van der Waals surface area contributed by atoms with Crippen LogP contribution in [0.4, 0.5) is 4.79 Å². The van der Waals surface area contributed by atoms with Gasteiger partial charge in [-0.1, -0.05) is 13.8 Å². The zero-order chi connectivity index (χ0) is 12.3. The third kappa shape index (κ3) is 1.42. The Balaban J connectivity index is 1.78. The lowest BCUT2D eigenvalue weighted by Gasteiger charge is -2.29. The number of urea groups is 1. The predicted octanol–water partition coefficient (Wildman–Crippen LogP) is 0.468. The molecule has 2 unspecified atom stereocenters. The van der Waals surface area contributed by atoms with Crippen molar-refractivity contribution in [1.82, 2.24) is 15.1 Å². The summed E-state index contributed by atoms with van der Waals surface area (Å²) < 4.78 is 5.65. The van der Waals surface area contributed by atoms with Crippen molar-refractivity contribution in [3.63, 3.8) is 0 Å². The summed E-state index contributed by atoms with van der Waals surface area (Å²) in [6.45, 7) is 8.20. The van der Waals surface area contributed by atoms with Crippen LogP contribution in [-0.2, 0) is 4.74 Å². The van der Waals surface area contributed by atoms with Crippen molar-refractivity contribution >= 4 is 6.03 Å². The SMILES string of the molecule is CC(C)CN1CCC2(C1)NC(=O)N(C)C21CO1. The molecule has 3 saturated heterocycles. The van der Waals surface area contributed by atoms with Gasteiger partial charge >= 0.3 is 6.03 Å². The molecule has 0 aromatic heterocycles. The summed E-state index contributed by atoms with van der Waals surface area (Å²) in [7, 11) is 1.84. The first-order valence-corrected chi connectivity index (χ1v) is 6.41. The quantitative estimate of drug-likeness (QED) is 0.713. The van der Waals surface area contributed by atoms with Crippen molar-refractivity contribution in [3.05, 3.63) is 0 Å². The average molecular weight is 239 g/mol. The van der Waals surface area contributed by atoms with Gasteiger partial charge in [0.1, 0.15) is 12.1 Å². The zero-order valence-electron chi connectivity index (χ0n) is 10.8. The molecule has 3 heterocycles. The molecule has 5 heteroatoms. The van der Waals surface area contributed by atoms with E-state index in [2.05, 4.69) is 24.1 Å². The number of nitrogens with one attached hydrogen (secondary N) is 1. The number of likely N-dealkylation sites (N-methyl/N-ethyl adjacent to an activating group) is 1. The molecule has 0 radical (unpaired) electrons. The minimum Gasteiger partial charge on any atom is -0.345 e. The first-order valence-electron chi connectivity index (χ1n) is 6.41. The lowest BCUT2D eigenvalue weighted by molar-refractivity contribution is 0.0963. The fourth-order valence-electron chi connectivity index (χ4n) is 3.39. The number of hydrogen-bond donors (Lipinski definition) is 1. The Morgan fingerprint density at radius 3 is 2.82 bits per heavy atom. The van der Waals surface area contributed by atoms with E-state index in [4.69, 9.17) is 4.74 Å². The molecule has 2 atom stereocenters. The molecule has 3 aliphatic heterocycles. The highest BCUT2D eigenvalue weighted by Gasteiger charge is 2.72. The van der Waals surface area contributed by atoms with Gasteiger partial charge in [-0.3, -0.25) is 4.90 Å². The molecular formula is C12H21N3O2. The molecule has 0 aliphatic carbocycles. The van der Waals surface area contributed by atoms with Crippen molar-refractivity contribution in [2.24, 2.45) is 5.92 Å². The third-order valence-electron chi connectivity index (χ3n) is 4.33. The Bertz CT molecular complexity index is 354. The van der Waals surface area contributed by atoms with Crippen molar-refractivity contribution in [1.29, 1.82) is 0 Å². The highest BCUT2D eigenvalue weighted by atomic mass is 16.6. The summed E-state index contributed by atoms with van der Waals surface area (Å²) in [5.41, 5.74) is -0.524. The number of epoxide rings is 1. The number of hydrogen-bond acceptors (Lipinski definition) is 3. The molecule has 0 aromatic rings. The van der Waals surface area contributed by atoms with Gasteiger partial charge in [-0.15, -0.1) is 0 Å². The standard InChI is InChI=1S/C12H21N3O2/c1-9(2)6-15-5-4-11(7-15)12(8-17-12)14(3)10(16)13-11/h9H,4-8H2,1-3H3,(H,13,16). The molecule has 3 rings (SSSR count). The number of nitrogens with zero attached hydrogens (tertiary/aromatic N) is 2. The van der Waals surface area contributed by atoms with Gasteiger partial charge in [-0.2, -0.15) is 0 Å². The Kier molecular flexibility index (Phi) is 2.23. The number of carbonyl (C=O) groups excluding carboxylic acids is 1. The number of carbonyl (C=O) groups is 1. The van der Waals surface area contributed by atoms with Crippen LogP contribution in [0.25, 0.3) is 0 Å². The minimum absolute atomic E-state index is 0.00824. The van der Waals surface area contributed by atoms with Crippen LogP contribution in [0.1, 0.15) is 20.3 Å². The minimum atomic E-state index is -0.351. The van der Waals surface area contributed by atoms with Gasteiger partial charge in [0.15, 0.2) is 5.72 Å². The van der Waals surface area contributed by atoms with Crippen LogP contribution in [0.3, 0.4) is 0 Å². The largest absolute Gasteiger partial charge is 0.345 e. The van der Waals surface area contributed by atoms with E-state index >= 15 is 0 Å². The van der Waals surface area contributed by atoms with Crippen molar-refractivity contribution in [2.75, 3.05) is 33.3 Å². The van der Waals surface area contributed by atoms with Crippen molar-refractivity contribution in [2.45, 2.75) is 31.5 Å². The van der Waals surface area contributed by atoms with Crippen LogP contribution in [0.5, 0.6) is 0 Å². The van der Waals surface area contributed by atoms with Crippen LogP contribution in [-0.4, -0.2) is 60.4 Å². The Morgan fingerprint density at radius 2 is 2.24 bits per heavy atom. The maximum absolute atomic E-state index is 11.8. The molecule has 17 heavy (non-hydrogen) atoms. The fraction of sp³-hybridized carbons (Fsp3) is 0.917. The van der Waals surface area contributed by atoms with Crippen LogP contribution in [0, 0.1) is 5.92 Å². The number of likely N-dealkylation sites (tertiary alicyclic amines) is 1. The second-order valence-corrected chi connectivity index (χ2v) is 6.02. The third-order valence-corrected chi connectivity index (χ3v) is 4.33. The van der Waals surface area contributed by atoms with E-state index in [1.54, 1.807) is 4.90 Å². The van der Waals surface area contributed by atoms with E-state index in [-0.39, 0.29) is 17.3 Å². The highest BCUT2D eigenvalue weighted by Crippen LogP contribution is 2.49. The summed E-state index contributed by atoms with van der Waals surface area (Å²) in [6.07, 6.45) is 0.996. The number of amides is 2. The molecule has 0 bridgehead atoms. The number of ether oxygens (including phenoxy) is 1. The Morgan fingerprint density at radius 1 is 1.53 bits per heavy atom. The van der Waals surface area contributed by atoms with Gasteiger partial charge in [0, 0.05) is 26.7 Å². The predicted molar refractivity (Wildman–Crippen MR) is 63.6 cm³/mol. The molecular weight excluding hydrogens is 218 g/mol. The van der Waals surface area contributed by atoms with Gasteiger partial charge < -0.3 is 15.0 Å². The van der Waals surface area contributed by atoms with Crippen LogP contribution in [0.2, 0.25) is 0 Å². The first kappa shape index (κ1) is 11.3. The van der Waals surface area contributed by atoms with E-state index in [0.717, 1.165) is 26.1 Å². The molecule has 3 aliphatic rings. The van der Waals surface area contributed by atoms with Gasteiger partial charge in [0.2, 0.25) is 0 Å². The molecule has 1 N–H and O–H groups in total. The summed E-state index contributed by atoms with van der Waals surface area (Å²) in [5.74, 6) is 0.663. The monoisotopic (exact) mass is 239 g/mol. The molecule has 96 valence electrons. The lowest BCUT2D eigenvalue weighted by atomic mass is 9.90. The molecule has 0 saturated carbocycles. The second-order valence-electron chi connectivity index (χ2n) is 6.02. The molecule has 3 fully saturated rings. The van der Waals surface area contributed by atoms with Crippen LogP contribution in [0.15, 0.2) is 0 Å². The van der Waals surface area contributed by atoms with Crippen molar-refractivity contribution in [3.8, 4) is 0 Å². The molecule has 5 nitrogen and oxygen atoms in total. The van der Waals surface area contributed by atoms with Gasteiger partial charge in [-0.25, -0.2) is 4.79 Å². The van der Waals surface area contributed by atoms with Gasteiger partial charge in [0.25, 0.3) is 0 Å².